The molecule has 2 aromatic rings. The molecule has 0 aliphatic rings. The Hall–Kier alpha value is -2.35. The molecule has 0 amide bonds. The Labute approximate surface area is 111 Å². The maximum atomic E-state index is 11.2. The Kier molecular flexibility index (Phi) is 4.14. The predicted octanol–water partition coefficient (Wildman–Crippen LogP) is 2.93. The van der Waals surface area contributed by atoms with Gasteiger partial charge < -0.3 is 9.30 Å². The predicted molar refractivity (Wildman–Crippen MR) is 71.9 cm³/mol. The van der Waals surface area contributed by atoms with Crippen LogP contribution in [0, 0.1) is 6.57 Å². The molecular formula is C14H15N3O2. The van der Waals surface area contributed by atoms with Crippen molar-refractivity contribution in [1.82, 2.24) is 9.55 Å². The summed E-state index contributed by atoms with van der Waals surface area (Å²) in [6, 6.07) is 3.60. The zero-order valence-corrected chi connectivity index (χ0v) is 10.8. The van der Waals surface area contributed by atoms with E-state index in [4.69, 9.17) is 11.3 Å². The van der Waals surface area contributed by atoms with Gasteiger partial charge in [-0.15, -0.1) is 0 Å². The number of hydrogen-bond acceptors (Lipinski definition) is 3. The molecule has 0 aliphatic heterocycles. The van der Waals surface area contributed by atoms with Gasteiger partial charge in [0.05, 0.1) is 13.2 Å². The topological polar surface area (TPSA) is 48.5 Å². The Bertz CT molecular complexity index is 625. The van der Waals surface area contributed by atoms with E-state index in [9.17, 15) is 4.79 Å². The Balaban J connectivity index is 2.06. The van der Waals surface area contributed by atoms with E-state index < -0.39 is 0 Å². The summed E-state index contributed by atoms with van der Waals surface area (Å²) in [5, 5.41) is 0.855. The van der Waals surface area contributed by atoms with Crippen LogP contribution in [0.15, 0.2) is 24.5 Å². The van der Waals surface area contributed by atoms with Crippen LogP contribution in [0.2, 0.25) is 0 Å². The molecule has 2 aromatic heterocycles. The highest BCUT2D eigenvalue weighted by Crippen LogP contribution is 2.25. The normalized spacial score (nSPS) is 10.3. The fourth-order valence-electron chi connectivity index (χ4n) is 1.98. The minimum atomic E-state index is -0.172. The fraction of sp³-hybridized carbons (Fsp3) is 0.357. The maximum absolute atomic E-state index is 11.2. The smallest absolute Gasteiger partial charge is 0.305 e. The summed E-state index contributed by atoms with van der Waals surface area (Å²) < 4.78 is 6.84. The summed E-state index contributed by atoms with van der Waals surface area (Å²) in [6.45, 7) is 10.0. The molecule has 19 heavy (non-hydrogen) atoms. The molecule has 0 atom stereocenters. The third-order valence-electron chi connectivity index (χ3n) is 2.84. The minimum absolute atomic E-state index is 0.172. The second-order valence-corrected chi connectivity index (χ2v) is 4.10. The lowest BCUT2D eigenvalue weighted by Crippen LogP contribution is -2.06. The fourth-order valence-corrected chi connectivity index (χ4v) is 1.98. The third kappa shape index (κ3) is 2.91. The first-order valence-corrected chi connectivity index (χ1v) is 6.23. The lowest BCUT2D eigenvalue weighted by molar-refractivity contribution is -0.143. The van der Waals surface area contributed by atoms with Crippen LogP contribution in [0.5, 0.6) is 0 Å². The van der Waals surface area contributed by atoms with Crippen molar-refractivity contribution >= 4 is 22.7 Å². The van der Waals surface area contributed by atoms with Crippen molar-refractivity contribution in [2.24, 2.45) is 0 Å². The SMILES string of the molecule is [C-]#[N+]c1ccnc2c1ccn2CCCC(=O)OCC. The zero-order chi connectivity index (χ0) is 13.7. The molecule has 2 heterocycles. The van der Waals surface area contributed by atoms with Crippen molar-refractivity contribution in [3.8, 4) is 0 Å². The van der Waals surface area contributed by atoms with Gasteiger partial charge in [-0.2, -0.15) is 0 Å². The molecule has 98 valence electrons. The highest BCUT2D eigenvalue weighted by atomic mass is 16.5. The molecule has 0 unspecified atom stereocenters. The van der Waals surface area contributed by atoms with Crippen LogP contribution in [0.1, 0.15) is 19.8 Å². The van der Waals surface area contributed by atoms with Gasteiger partial charge in [0.2, 0.25) is 0 Å². The second kappa shape index (κ2) is 6.01. The third-order valence-corrected chi connectivity index (χ3v) is 2.84. The summed E-state index contributed by atoms with van der Waals surface area (Å²) in [6.07, 6.45) is 4.64. The van der Waals surface area contributed by atoms with Crippen LogP contribution in [-0.4, -0.2) is 22.1 Å². The zero-order valence-electron chi connectivity index (χ0n) is 10.8. The van der Waals surface area contributed by atoms with Crippen LogP contribution in [-0.2, 0) is 16.1 Å². The lowest BCUT2D eigenvalue weighted by Gasteiger charge is -2.05. The standard InChI is InChI=1S/C14H15N3O2/c1-3-19-13(18)5-4-9-17-10-7-11-12(15-2)6-8-16-14(11)17/h6-8,10H,3-5,9H2,1H3. The number of carbonyl (C=O) groups is 1. The van der Waals surface area contributed by atoms with Gasteiger partial charge in [0.1, 0.15) is 5.65 Å². The van der Waals surface area contributed by atoms with Gasteiger partial charge in [-0.1, -0.05) is 0 Å². The first kappa shape index (κ1) is 13.1. The van der Waals surface area contributed by atoms with Crippen LogP contribution in [0.25, 0.3) is 15.9 Å². The van der Waals surface area contributed by atoms with E-state index in [0.29, 0.717) is 31.7 Å². The van der Waals surface area contributed by atoms with Crippen LogP contribution in [0.3, 0.4) is 0 Å². The van der Waals surface area contributed by atoms with Crippen molar-refractivity contribution in [2.45, 2.75) is 26.3 Å². The first-order valence-electron chi connectivity index (χ1n) is 6.23. The number of carbonyl (C=O) groups excluding carboxylic acids is 1. The number of aryl methyl sites for hydroxylation is 1. The summed E-state index contributed by atoms with van der Waals surface area (Å²) in [5.74, 6) is -0.172. The van der Waals surface area contributed by atoms with Gasteiger partial charge in [-0.25, -0.2) is 9.83 Å². The summed E-state index contributed by atoms with van der Waals surface area (Å²) in [7, 11) is 0. The highest BCUT2D eigenvalue weighted by molar-refractivity contribution is 5.90. The average Bonchev–Trinajstić information content (AvgIpc) is 2.82. The van der Waals surface area contributed by atoms with E-state index in [1.165, 1.54) is 0 Å². The maximum Gasteiger partial charge on any atom is 0.305 e. The molecule has 0 N–H and O–H groups in total. The van der Waals surface area contributed by atoms with E-state index in [0.717, 1.165) is 11.0 Å². The Morgan fingerprint density at radius 1 is 1.53 bits per heavy atom. The number of aromatic nitrogens is 2. The van der Waals surface area contributed by atoms with Crippen molar-refractivity contribution in [3.05, 3.63) is 35.9 Å². The molecule has 0 spiro atoms. The van der Waals surface area contributed by atoms with Crippen LogP contribution < -0.4 is 0 Å². The number of esters is 1. The Morgan fingerprint density at radius 3 is 3.11 bits per heavy atom. The number of rotatable bonds is 5. The van der Waals surface area contributed by atoms with Crippen molar-refractivity contribution < 1.29 is 9.53 Å². The van der Waals surface area contributed by atoms with Gasteiger partial charge in [0, 0.05) is 30.7 Å². The second-order valence-electron chi connectivity index (χ2n) is 4.10. The molecule has 5 heteroatoms. The Morgan fingerprint density at radius 2 is 2.37 bits per heavy atom. The molecule has 0 fully saturated rings. The summed E-state index contributed by atoms with van der Waals surface area (Å²) in [4.78, 5) is 19.0. The molecule has 0 radical (unpaired) electrons. The van der Waals surface area contributed by atoms with E-state index in [-0.39, 0.29) is 5.97 Å². The van der Waals surface area contributed by atoms with Gasteiger partial charge in [0.25, 0.3) is 0 Å². The highest BCUT2D eigenvalue weighted by Gasteiger charge is 2.07. The van der Waals surface area contributed by atoms with Crippen molar-refractivity contribution in [2.75, 3.05) is 6.61 Å². The van der Waals surface area contributed by atoms with Gasteiger partial charge in [-0.3, -0.25) is 4.79 Å². The van der Waals surface area contributed by atoms with Crippen LogP contribution >= 0.6 is 0 Å². The van der Waals surface area contributed by atoms with Crippen LogP contribution in [0.4, 0.5) is 5.69 Å². The first-order chi connectivity index (χ1) is 9.26. The molecule has 0 bridgehead atoms. The van der Waals surface area contributed by atoms with Gasteiger partial charge >= 0.3 is 5.97 Å². The minimum Gasteiger partial charge on any atom is -0.466 e. The quantitative estimate of drug-likeness (QED) is 0.611. The van der Waals surface area contributed by atoms with Gasteiger partial charge in [-0.05, 0) is 25.5 Å². The van der Waals surface area contributed by atoms with E-state index in [1.807, 2.05) is 16.8 Å². The number of ether oxygens (including phenoxy) is 1. The number of hydrogen-bond donors (Lipinski definition) is 0. The summed E-state index contributed by atoms with van der Waals surface area (Å²) in [5.41, 5.74) is 1.39. The van der Waals surface area contributed by atoms with E-state index in [2.05, 4.69) is 9.83 Å². The average molecular weight is 257 g/mol. The molecule has 0 aliphatic carbocycles. The van der Waals surface area contributed by atoms with E-state index >= 15 is 0 Å². The lowest BCUT2D eigenvalue weighted by atomic mass is 10.3. The molecule has 0 aromatic carbocycles. The van der Waals surface area contributed by atoms with E-state index in [1.54, 1.807) is 19.2 Å². The largest absolute Gasteiger partial charge is 0.466 e. The number of pyridine rings is 1. The molecule has 2 rings (SSSR count). The van der Waals surface area contributed by atoms with Crippen molar-refractivity contribution in [1.29, 1.82) is 0 Å². The summed E-state index contributed by atoms with van der Waals surface area (Å²) >= 11 is 0. The monoisotopic (exact) mass is 257 g/mol. The number of fused-ring (bicyclic) bond motifs is 1. The molecular weight excluding hydrogens is 242 g/mol. The molecule has 0 saturated heterocycles. The number of nitrogens with zero attached hydrogens (tertiary/aromatic N) is 3. The van der Waals surface area contributed by atoms with Crippen molar-refractivity contribution in [3.63, 3.8) is 0 Å². The molecule has 5 nitrogen and oxygen atoms in total. The molecule has 0 saturated carbocycles. The van der Waals surface area contributed by atoms with Gasteiger partial charge in [0.15, 0.2) is 5.69 Å².